The van der Waals surface area contributed by atoms with Crippen LogP contribution in [0.2, 0.25) is 0 Å². The van der Waals surface area contributed by atoms with E-state index >= 15 is 0 Å². The highest BCUT2D eigenvalue weighted by Crippen LogP contribution is 2.48. The van der Waals surface area contributed by atoms with E-state index in [0.29, 0.717) is 0 Å². The Morgan fingerprint density at radius 3 is 1.80 bits per heavy atom. The van der Waals surface area contributed by atoms with Crippen molar-refractivity contribution in [3.63, 3.8) is 0 Å². The number of benzene rings is 4. The summed E-state index contributed by atoms with van der Waals surface area (Å²) in [6, 6.07) is 28.3. The molecule has 2 saturated heterocycles. The molecule has 0 spiro atoms. The van der Waals surface area contributed by atoms with Crippen molar-refractivity contribution < 1.29 is 21.6 Å². The predicted octanol–water partition coefficient (Wildman–Crippen LogP) is 6.39. The largest absolute Gasteiger partial charge is 0.299 e. The van der Waals surface area contributed by atoms with Crippen LogP contribution in [0.3, 0.4) is 0 Å². The first kappa shape index (κ1) is 31.4. The molecule has 2 fully saturated rings. The zero-order chi connectivity index (χ0) is 31.9. The smallest absolute Gasteiger partial charge is 0.243 e. The fourth-order valence-electron chi connectivity index (χ4n) is 6.72. The Morgan fingerprint density at radius 2 is 1.20 bits per heavy atom. The maximum Gasteiger partial charge on any atom is 0.243 e. The third kappa shape index (κ3) is 5.90. The summed E-state index contributed by atoms with van der Waals surface area (Å²) in [5.74, 6) is -0.952. The van der Waals surface area contributed by atoms with Crippen molar-refractivity contribution in [2.45, 2.75) is 68.0 Å². The van der Waals surface area contributed by atoms with Crippen LogP contribution in [-0.2, 0) is 31.3 Å². The number of carbonyl (C=O) groups excluding carboxylic acids is 1. The average Bonchev–Trinajstić information content (AvgIpc) is 3.05. The van der Waals surface area contributed by atoms with Crippen LogP contribution in [0, 0.1) is 19.8 Å². The second-order valence-corrected chi connectivity index (χ2v) is 15.9. The van der Waals surface area contributed by atoms with Gasteiger partial charge in [0.1, 0.15) is 5.78 Å². The van der Waals surface area contributed by atoms with E-state index < -0.39 is 44.1 Å². The molecule has 0 saturated carbocycles. The third-order valence-corrected chi connectivity index (χ3v) is 13.1. The Kier molecular flexibility index (Phi) is 8.56. The fourth-order valence-corrected chi connectivity index (χ4v) is 10.2. The molecule has 0 aliphatic carbocycles. The molecule has 4 atom stereocenters. The Bertz CT molecular complexity index is 1890. The molecular formula is C36H38N2O5S2. The fraction of sp³-hybridized carbons (Fsp3) is 0.306. The zero-order valence-electron chi connectivity index (χ0n) is 25.7. The van der Waals surface area contributed by atoms with E-state index in [0.717, 1.165) is 34.2 Å². The van der Waals surface area contributed by atoms with Gasteiger partial charge in [0.2, 0.25) is 20.0 Å². The zero-order valence-corrected chi connectivity index (χ0v) is 27.3. The second kappa shape index (κ2) is 12.3. The summed E-state index contributed by atoms with van der Waals surface area (Å²) < 4.78 is 60.6. The summed E-state index contributed by atoms with van der Waals surface area (Å²) in [6.07, 6.45) is 0.941. The lowest BCUT2D eigenvalue weighted by Crippen LogP contribution is -2.60. The normalized spacial score (nSPS) is 23.0. The standard InChI is InChI=1S/C36H38N2O5S2/c1-4-27-14-18-29(19-15-27)34-23-36(39)32-24-37(44(40,41)30-8-6-5-7-9-30)33(28-16-10-25(2)11-17-28)22-35(32)38(34)45(42,43)31-20-12-26(3)13-21-31/h5-21,32-35H,4,22-24H2,1-3H3/t32-,33+,34+,35+/m1/s1. The van der Waals surface area contributed by atoms with Crippen molar-refractivity contribution in [3.05, 3.63) is 131 Å². The van der Waals surface area contributed by atoms with Crippen molar-refractivity contribution in [1.82, 2.24) is 8.61 Å². The Morgan fingerprint density at radius 1 is 0.667 bits per heavy atom. The lowest BCUT2D eigenvalue weighted by molar-refractivity contribution is -0.132. The summed E-state index contributed by atoms with van der Waals surface area (Å²) >= 11 is 0. The molecule has 7 nitrogen and oxygen atoms in total. The highest BCUT2D eigenvalue weighted by molar-refractivity contribution is 7.89. The van der Waals surface area contributed by atoms with Crippen molar-refractivity contribution in [1.29, 1.82) is 0 Å². The van der Waals surface area contributed by atoms with Crippen LogP contribution < -0.4 is 0 Å². The lowest BCUT2D eigenvalue weighted by Gasteiger charge is -2.51. The monoisotopic (exact) mass is 642 g/mol. The topological polar surface area (TPSA) is 91.8 Å². The maximum absolute atomic E-state index is 14.6. The quantitative estimate of drug-likeness (QED) is 0.233. The average molecular weight is 643 g/mol. The van der Waals surface area contributed by atoms with Gasteiger partial charge in [-0.25, -0.2) is 16.8 Å². The van der Waals surface area contributed by atoms with Gasteiger partial charge >= 0.3 is 0 Å². The molecule has 4 aromatic carbocycles. The summed E-state index contributed by atoms with van der Waals surface area (Å²) in [4.78, 5) is 14.3. The number of ketones is 1. The van der Waals surface area contributed by atoms with Crippen LogP contribution in [0.15, 0.2) is 113 Å². The van der Waals surface area contributed by atoms with Crippen LogP contribution in [0.1, 0.15) is 59.7 Å². The minimum Gasteiger partial charge on any atom is -0.299 e. The van der Waals surface area contributed by atoms with E-state index in [2.05, 4.69) is 6.92 Å². The van der Waals surface area contributed by atoms with Crippen LogP contribution in [-0.4, -0.2) is 43.8 Å². The van der Waals surface area contributed by atoms with Gasteiger partial charge in [0.25, 0.3) is 0 Å². The first-order chi connectivity index (χ1) is 21.5. The van der Waals surface area contributed by atoms with Crippen LogP contribution in [0.5, 0.6) is 0 Å². The molecule has 0 N–H and O–H groups in total. The van der Waals surface area contributed by atoms with E-state index in [1.807, 2.05) is 62.4 Å². The van der Waals surface area contributed by atoms with Gasteiger partial charge in [-0.05, 0) is 67.6 Å². The van der Waals surface area contributed by atoms with E-state index in [-0.39, 0.29) is 35.0 Å². The highest BCUT2D eigenvalue weighted by atomic mass is 32.2. The first-order valence-corrected chi connectivity index (χ1v) is 18.2. The van der Waals surface area contributed by atoms with Crippen LogP contribution in [0.4, 0.5) is 0 Å². The number of hydrogen-bond acceptors (Lipinski definition) is 5. The van der Waals surface area contributed by atoms with Gasteiger partial charge in [-0.1, -0.05) is 96.9 Å². The number of nitrogens with zero attached hydrogens (tertiary/aromatic N) is 2. The van der Waals surface area contributed by atoms with Gasteiger partial charge in [0, 0.05) is 24.9 Å². The number of aryl methyl sites for hydroxylation is 3. The Labute approximate surface area is 266 Å². The number of hydrogen-bond donors (Lipinski definition) is 0. The highest BCUT2D eigenvalue weighted by Gasteiger charge is 2.54. The van der Waals surface area contributed by atoms with Crippen molar-refractivity contribution in [3.8, 4) is 0 Å². The minimum absolute atomic E-state index is 0.0356. The van der Waals surface area contributed by atoms with Gasteiger partial charge in [0.15, 0.2) is 0 Å². The van der Waals surface area contributed by atoms with Crippen molar-refractivity contribution >= 4 is 25.8 Å². The Hall–Kier alpha value is -3.63. The van der Waals surface area contributed by atoms with Crippen LogP contribution in [0.25, 0.3) is 0 Å². The predicted molar refractivity (Wildman–Crippen MR) is 175 cm³/mol. The maximum atomic E-state index is 14.6. The molecule has 2 heterocycles. The number of rotatable bonds is 7. The molecule has 6 rings (SSSR count). The third-order valence-electron chi connectivity index (χ3n) is 9.28. The summed E-state index contributed by atoms with van der Waals surface area (Å²) in [5.41, 5.74) is 4.59. The minimum atomic E-state index is -4.09. The molecule has 0 amide bonds. The lowest BCUT2D eigenvalue weighted by atomic mass is 9.77. The van der Waals surface area contributed by atoms with E-state index in [9.17, 15) is 21.6 Å². The molecule has 0 unspecified atom stereocenters. The summed E-state index contributed by atoms with van der Waals surface area (Å²) in [7, 11) is -8.10. The molecule has 0 aromatic heterocycles. The summed E-state index contributed by atoms with van der Waals surface area (Å²) in [5, 5.41) is 0. The SMILES string of the molecule is CCc1ccc([C@@H]2CC(=O)[C@@H]3CN(S(=O)(=O)c4ccccc4)[C@H](c4ccc(C)cc4)C[C@@H]3N2S(=O)(=O)c2ccc(C)cc2)cc1. The van der Waals surface area contributed by atoms with Gasteiger partial charge in [0.05, 0.1) is 21.9 Å². The molecule has 0 radical (unpaired) electrons. The second-order valence-electron chi connectivity index (χ2n) is 12.2. The molecule has 9 heteroatoms. The number of piperidine rings is 2. The molecule has 2 aliphatic heterocycles. The Balaban J connectivity index is 1.50. The van der Waals surface area contributed by atoms with Gasteiger partial charge in [-0.15, -0.1) is 0 Å². The number of Topliss-reactive ketones (excluding diaryl/α,β-unsaturated/α-hetero) is 1. The van der Waals surface area contributed by atoms with E-state index in [4.69, 9.17) is 0 Å². The first-order valence-electron chi connectivity index (χ1n) is 15.4. The molecule has 45 heavy (non-hydrogen) atoms. The van der Waals surface area contributed by atoms with Crippen molar-refractivity contribution in [2.75, 3.05) is 6.54 Å². The number of carbonyl (C=O) groups is 1. The molecule has 4 aromatic rings. The number of fused-ring (bicyclic) bond motifs is 1. The van der Waals surface area contributed by atoms with Crippen molar-refractivity contribution in [2.24, 2.45) is 5.92 Å². The van der Waals surface area contributed by atoms with Gasteiger partial charge < -0.3 is 0 Å². The molecular weight excluding hydrogens is 605 g/mol. The van der Waals surface area contributed by atoms with E-state index in [1.165, 1.54) is 8.61 Å². The number of sulfonamides is 2. The van der Waals surface area contributed by atoms with E-state index in [1.54, 1.807) is 54.6 Å². The molecule has 234 valence electrons. The summed E-state index contributed by atoms with van der Waals surface area (Å²) in [6.45, 7) is 5.81. The molecule has 0 bridgehead atoms. The van der Waals surface area contributed by atoms with Gasteiger partial charge in [-0.3, -0.25) is 4.79 Å². The van der Waals surface area contributed by atoms with Crippen LogP contribution >= 0.6 is 0 Å². The van der Waals surface area contributed by atoms with Gasteiger partial charge in [-0.2, -0.15) is 8.61 Å². The molecule has 2 aliphatic rings.